The Morgan fingerprint density at radius 3 is 2.35 bits per heavy atom. The molecule has 186 valence electrons. The number of halogens is 6. The smallest absolute Gasteiger partial charge is 0.396 e. The number of oxazole rings is 1. The minimum atomic E-state index is -4.69. The topological polar surface area (TPSA) is 61.6 Å². The monoisotopic (exact) mass is 490 g/mol. The molecule has 6 nitrogen and oxygen atoms in total. The molecular weight excluding hydrogens is 466 g/mol. The van der Waals surface area contributed by atoms with E-state index < -0.39 is 54.5 Å². The lowest BCUT2D eigenvalue weighted by Gasteiger charge is -2.30. The third-order valence-electron chi connectivity index (χ3n) is 5.93. The highest BCUT2D eigenvalue weighted by Gasteiger charge is 2.38. The quantitative estimate of drug-likeness (QED) is 0.569. The number of anilines is 3. The predicted octanol–water partition coefficient (Wildman–Crippen LogP) is 5.40. The number of nitrogens with zero attached hydrogens (tertiary/aromatic N) is 3. The number of benzene rings is 1. The Hall–Kier alpha value is -2.92. The van der Waals surface area contributed by atoms with Crippen molar-refractivity contribution >= 4 is 23.3 Å². The van der Waals surface area contributed by atoms with Crippen LogP contribution in [-0.2, 0) is 6.42 Å². The van der Waals surface area contributed by atoms with E-state index in [2.05, 4.69) is 10.3 Å². The molecule has 1 aromatic carbocycles. The summed E-state index contributed by atoms with van der Waals surface area (Å²) in [5.41, 5.74) is -0.186. The Bertz CT molecular complexity index is 1020. The van der Waals surface area contributed by atoms with Gasteiger partial charge in [-0.25, -0.2) is 13.2 Å². The summed E-state index contributed by atoms with van der Waals surface area (Å²) in [5.74, 6) is -5.18. The molecule has 0 bridgehead atoms. The maximum absolute atomic E-state index is 14.7. The van der Waals surface area contributed by atoms with Crippen LogP contribution in [0.15, 0.2) is 22.6 Å². The summed E-state index contributed by atoms with van der Waals surface area (Å²) in [4.78, 5) is 19.8. The second kappa shape index (κ2) is 9.38. The van der Waals surface area contributed by atoms with Crippen LogP contribution in [0.1, 0.15) is 48.4 Å². The normalized spacial score (nSPS) is 18.8. The second-order valence-electron chi connectivity index (χ2n) is 8.57. The van der Waals surface area contributed by atoms with Crippen LogP contribution in [0.2, 0.25) is 0 Å². The number of hydrogen-bond acceptors (Lipinski definition) is 5. The largest absolute Gasteiger partial charge is 0.427 e. The molecule has 0 atom stereocenters. The highest BCUT2D eigenvalue weighted by atomic mass is 19.4. The lowest BCUT2D eigenvalue weighted by molar-refractivity contribution is -0.130. The fourth-order valence-corrected chi connectivity index (χ4v) is 4.15. The number of aromatic nitrogens is 1. The van der Waals surface area contributed by atoms with E-state index in [-0.39, 0.29) is 24.8 Å². The Balaban J connectivity index is 1.53. The van der Waals surface area contributed by atoms with Gasteiger partial charge in [0.1, 0.15) is 18.0 Å². The minimum absolute atomic E-state index is 0.0448. The molecule has 1 amide bonds. The fraction of sp³-hybridized carbons (Fsp3) is 0.545. The molecule has 34 heavy (non-hydrogen) atoms. The predicted molar refractivity (Wildman–Crippen MR) is 113 cm³/mol. The highest BCUT2D eigenvalue weighted by molar-refractivity contribution is 6.03. The Kier molecular flexibility index (Phi) is 6.68. The molecule has 0 spiro atoms. The van der Waals surface area contributed by atoms with Gasteiger partial charge in [-0.2, -0.15) is 18.2 Å². The maximum Gasteiger partial charge on any atom is 0.396 e. The van der Waals surface area contributed by atoms with Crippen molar-refractivity contribution in [1.29, 1.82) is 0 Å². The van der Waals surface area contributed by atoms with E-state index in [4.69, 9.17) is 4.42 Å². The molecule has 0 unspecified atom stereocenters. The van der Waals surface area contributed by atoms with E-state index in [0.717, 1.165) is 25.3 Å². The molecule has 2 aliphatic rings. The number of alkyl halides is 5. The molecule has 2 aliphatic heterocycles. The van der Waals surface area contributed by atoms with Crippen LogP contribution in [-0.4, -0.2) is 49.2 Å². The molecule has 2 saturated heterocycles. The zero-order valence-electron chi connectivity index (χ0n) is 18.2. The van der Waals surface area contributed by atoms with E-state index in [1.165, 1.54) is 17.0 Å². The van der Waals surface area contributed by atoms with Crippen molar-refractivity contribution in [3.8, 4) is 0 Å². The van der Waals surface area contributed by atoms with Gasteiger partial charge >= 0.3 is 6.18 Å². The van der Waals surface area contributed by atoms with Gasteiger partial charge < -0.3 is 19.5 Å². The average molecular weight is 490 g/mol. The first-order valence-electron chi connectivity index (χ1n) is 11.1. The molecule has 0 radical (unpaired) electrons. The van der Waals surface area contributed by atoms with E-state index in [0.29, 0.717) is 18.8 Å². The van der Waals surface area contributed by atoms with Crippen LogP contribution in [0, 0.1) is 5.82 Å². The van der Waals surface area contributed by atoms with Crippen LogP contribution >= 0.6 is 0 Å². The Morgan fingerprint density at radius 1 is 1.06 bits per heavy atom. The third kappa shape index (κ3) is 5.76. The van der Waals surface area contributed by atoms with E-state index >= 15 is 0 Å². The zero-order chi connectivity index (χ0) is 24.5. The minimum Gasteiger partial charge on any atom is -0.427 e. The number of hydrogen-bond donors (Lipinski definition) is 1. The number of carbonyl (C=O) groups excluding carboxylic acids is 1. The summed E-state index contributed by atoms with van der Waals surface area (Å²) < 4.78 is 85.9. The van der Waals surface area contributed by atoms with Crippen molar-refractivity contribution < 1.29 is 35.6 Å². The van der Waals surface area contributed by atoms with Gasteiger partial charge in [0.15, 0.2) is 5.69 Å². The first kappa shape index (κ1) is 24.2. The van der Waals surface area contributed by atoms with Gasteiger partial charge in [-0.3, -0.25) is 4.79 Å². The van der Waals surface area contributed by atoms with Crippen LogP contribution < -0.4 is 15.1 Å². The van der Waals surface area contributed by atoms with Gasteiger partial charge in [-0.05, 0) is 37.5 Å². The summed E-state index contributed by atoms with van der Waals surface area (Å²) in [6.45, 7) is 1.08. The summed E-state index contributed by atoms with van der Waals surface area (Å²) >= 11 is 0. The van der Waals surface area contributed by atoms with Gasteiger partial charge in [0.25, 0.3) is 17.8 Å². The number of rotatable bonds is 5. The molecule has 0 aliphatic carbocycles. The first-order valence-corrected chi connectivity index (χ1v) is 11.1. The fourth-order valence-electron chi connectivity index (χ4n) is 4.15. The molecule has 2 aromatic rings. The van der Waals surface area contributed by atoms with Crippen LogP contribution in [0.4, 0.5) is 43.7 Å². The molecule has 12 heteroatoms. The molecule has 4 rings (SSSR count). The highest BCUT2D eigenvalue weighted by Crippen LogP contribution is 2.33. The van der Waals surface area contributed by atoms with Crippen molar-refractivity contribution in [2.75, 3.05) is 41.3 Å². The van der Waals surface area contributed by atoms with Crippen molar-refractivity contribution in [2.45, 2.75) is 50.6 Å². The van der Waals surface area contributed by atoms with Gasteiger partial charge in [0, 0.05) is 44.7 Å². The molecular formula is C22H24F6N4O2. The molecule has 2 fully saturated rings. The van der Waals surface area contributed by atoms with Gasteiger partial charge in [-0.1, -0.05) is 0 Å². The van der Waals surface area contributed by atoms with Gasteiger partial charge in [-0.15, -0.1) is 0 Å². The maximum atomic E-state index is 14.7. The molecule has 3 heterocycles. The SMILES string of the molecule is O=C(Nc1ccc(N2CCCCC2)c(F)c1)c1nc(N2CCC(F)(F)CC2)oc1CC(F)(F)F. The standard InChI is InChI=1S/C22H24F6N4O2/c23-15-12-14(4-5-16(15)31-8-2-1-3-9-31)29-19(33)18-17(13-22(26,27)28)34-20(30-18)32-10-6-21(24,25)7-11-32/h4-5,12H,1-3,6-11,13H2,(H,29,33). The van der Waals surface area contributed by atoms with Gasteiger partial charge in [0.05, 0.1) is 5.69 Å². The van der Waals surface area contributed by atoms with Crippen molar-refractivity contribution in [2.24, 2.45) is 0 Å². The second-order valence-corrected chi connectivity index (χ2v) is 8.57. The van der Waals surface area contributed by atoms with E-state index in [9.17, 15) is 31.1 Å². The number of carbonyl (C=O) groups is 1. The molecule has 1 N–H and O–H groups in total. The van der Waals surface area contributed by atoms with Crippen molar-refractivity contribution in [3.63, 3.8) is 0 Å². The van der Waals surface area contributed by atoms with Crippen molar-refractivity contribution in [1.82, 2.24) is 4.98 Å². The number of amides is 1. The Labute approximate surface area is 191 Å². The molecule has 0 saturated carbocycles. The zero-order valence-corrected chi connectivity index (χ0v) is 18.2. The Morgan fingerprint density at radius 2 is 1.74 bits per heavy atom. The number of nitrogens with one attached hydrogen (secondary N) is 1. The molecule has 1 aromatic heterocycles. The lowest BCUT2D eigenvalue weighted by Crippen LogP contribution is -2.39. The van der Waals surface area contributed by atoms with E-state index in [1.807, 2.05) is 4.90 Å². The van der Waals surface area contributed by atoms with Crippen LogP contribution in [0.3, 0.4) is 0 Å². The van der Waals surface area contributed by atoms with Gasteiger partial charge in [0.2, 0.25) is 0 Å². The third-order valence-corrected chi connectivity index (χ3v) is 5.93. The first-order chi connectivity index (χ1) is 16.0. The summed E-state index contributed by atoms with van der Waals surface area (Å²) in [6.07, 6.45) is -4.29. The van der Waals surface area contributed by atoms with Crippen molar-refractivity contribution in [3.05, 3.63) is 35.5 Å². The van der Waals surface area contributed by atoms with E-state index in [1.54, 1.807) is 0 Å². The average Bonchev–Trinajstić information content (AvgIpc) is 3.16. The summed E-state index contributed by atoms with van der Waals surface area (Å²) in [5, 5.41) is 2.36. The lowest BCUT2D eigenvalue weighted by atomic mass is 10.1. The van der Waals surface area contributed by atoms with Crippen LogP contribution in [0.5, 0.6) is 0 Å². The van der Waals surface area contributed by atoms with Crippen LogP contribution in [0.25, 0.3) is 0 Å². The number of piperidine rings is 2. The summed E-state index contributed by atoms with van der Waals surface area (Å²) in [7, 11) is 0. The summed E-state index contributed by atoms with van der Waals surface area (Å²) in [6, 6.07) is 3.74.